The highest BCUT2D eigenvalue weighted by molar-refractivity contribution is 5.80. The van der Waals surface area contributed by atoms with Crippen LogP contribution < -0.4 is 17.2 Å². The van der Waals surface area contributed by atoms with Crippen molar-refractivity contribution < 1.29 is 20.1 Å². The Morgan fingerprint density at radius 3 is 1.75 bits per heavy atom. The molecule has 0 heterocycles. The number of hydrogen-bond donors (Lipinski definition) is 5. The third-order valence-electron chi connectivity index (χ3n) is 3.40. The largest absolute Gasteiger partial charge is 0.398 e. The molecule has 0 aliphatic rings. The number of nitrogen functional groups attached to an aromatic ring is 1. The normalized spacial score (nSPS) is 8.53. The molecule has 172 valence electrons. The number of nitrogens with one attached hydrogen (secondary N) is 1. The van der Waals surface area contributed by atoms with Gasteiger partial charge in [-0.05, 0) is 30.5 Å². The van der Waals surface area contributed by atoms with Crippen molar-refractivity contribution in [1.29, 1.82) is 10.7 Å². The fraction of sp³-hybridized carbons (Fsp3) is 0.176. The molecule has 0 aliphatic heterocycles. The number of aryl methyl sites for hydroxylation is 2. The highest BCUT2D eigenvalue weighted by Crippen LogP contribution is 2.18. The summed E-state index contributed by atoms with van der Waals surface area (Å²) in [5.41, 5.74) is 17.9. The van der Waals surface area contributed by atoms with Crippen LogP contribution in [0.3, 0.4) is 0 Å². The molecular weight excluding hydrogens is 428 g/mol. The maximum Gasteiger partial charge on any atom is 0.291 e. The summed E-state index contributed by atoms with van der Waals surface area (Å²) < 4.78 is 0. The zero-order valence-electron chi connectivity index (χ0n) is 17.1. The van der Waals surface area contributed by atoms with Crippen molar-refractivity contribution in [1.82, 2.24) is 0 Å². The van der Waals surface area contributed by atoms with Gasteiger partial charge in [-0.2, -0.15) is 5.26 Å². The SMILES string of the molecule is Cc1ccc([N+](=O)[O-])cc1CC(=N)N.Cc1ccc([N+](=O)[O-])cc1N.N#CN.O=[N+]([O-])O. The minimum Gasteiger partial charge on any atom is -0.398 e. The van der Waals surface area contributed by atoms with Crippen LogP contribution in [0.5, 0.6) is 0 Å². The molecule has 15 heteroatoms. The van der Waals surface area contributed by atoms with E-state index in [2.05, 4.69) is 5.73 Å². The van der Waals surface area contributed by atoms with Crippen molar-refractivity contribution in [2.45, 2.75) is 20.3 Å². The molecule has 0 saturated carbocycles. The topological polar surface area (TPSA) is 275 Å². The van der Waals surface area contributed by atoms with E-state index in [9.17, 15) is 20.2 Å². The predicted octanol–water partition coefficient (Wildman–Crippen LogP) is 1.95. The number of nitrogens with zero attached hydrogens (tertiary/aromatic N) is 4. The molecule has 0 unspecified atom stereocenters. The van der Waals surface area contributed by atoms with Gasteiger partial charge in [-0.25, -0.2) is 0 Å². The minimum absolute atomic E-state index is 0.00796. The highest BCUT2D eigenvalue weighted by Gasteiger charge is 2.09. The number of nitrogens with two attached hydrogens (primary N) is 3. The third kappa shape index (κ3) is 13.2. The fourth-order valence-corrected chi connectivity index (χ4v) is 1.91. The van der Waals surface area contributed by atoms with E-state index in [1.807, 2.05) is 6.92 Å². The number of nitro benzene ring substituents is 2. The van der Waals surface area contributed by atoms with E-state index in [0.717, 1.165) is 16.7 Å². The lowest BCUT2D eigenvalue weighted by Gasteiger charge is -2.03. The van der Waals surface area contributed by atoms with Crippen LogP contribution in [0.4, 0.5) is 17.1 Å². The summed E-state index contributed by atoms with van der Waals surface area (Å²) in [4.78, 5) is 28.1. The van der Waals surface area contributed by atoms with Gasteiger partial charge in [0.15, 0.2) is 6.19 Å². The number of nitro groups is 2. The van der Waals surface area contributed by atoms with Gasteiger partial charge in [0.05, 0.1) is 15.7 Å². The molecule has 8 N–H and O–H groups in total. The van der Waals surface area contributed by atoms with Crippen LogP contribution in [0.1, 0.15) is 16.7 Å². The quantitative estimate of drug-likeness (QED) is 0.0852. The Morgan fingerprint density at radius 1 is 1.03 bits per heavy atom. The molecule has 0 atom stereocenters. The summed E-state index contributed by atoms with van der Waals surface area (Å²) in [5.74, 6) is 0.00796. The lowest BCUT2D eigenvalue weighted by Crippen LogP contribution is -2.13. The number of hydrogen-bond acceptors (Lipinski definition) is 10. The molecule has 15 nitrogen and oxygen atoms in total. The van der Waals surface area contributed by atoms with Crippen LogP contribution >= 0.6 is 0 Å². The van der Waals surface area contributed by atoms with Gasteiger partial charge in [-0.3, -0.25) is 25.6 Å². The lowest BCUT2D eigenvalue weighted by atomic mass is 10.0. The van der Waals surface area contributed by atoms with E-state index < -0.39 is 14.9 Å². The second kappa shape index (κ2) is 14.9. The molecule has 0 radical (unpaired) electrons. The van der Waals surface area contributed by atoms with Gasteiger partial charge in [0.25, 0.3) is 16.5 Å². The summed E-state index contributed by atoms with van der Waals surface area (Å²) in [7, 11) is 0. The van der Waals surface area contributed by atoms with E-state index >= 15 is 0 Å². The van der Waals surface area contributed by atoms with Gasteiger partial charge in [-0.1, -0.05) is 12.1 Å². The van der Waals surface area contributed by atoms with E-state index in [1.54, 1.807) is 19.1 Å². The molecule has 32 heavy (non-hydrogen) atoms. The Bertz CT molecular complexity index is 1000. The number of amidine groups is 1. The molecule has 0 fully saturated rings. The van der Waals surface area contributed by atoms with Crippen molar-refractivity contribution in [3.05, 3.63) is 83.4 Å². The number of non-ortho nitro benzene ring substituents is 2. The van der Waals surface area contributed by atoms with Crippen LogP contribution in [0.2, 0.25) is 0 Å². The van der Waals surface area contributed by atoms with Crippen LogP contribution in [0, 0.1) is 61.1 Å². The average molecular weight is 450 g/mol. The molecule has 0 amide bonds. The van der Waals surface area contributed by atoms with Crippen LogP contribution in [-0.2, 0) is 6.42 Å². The summed E-state index contributed by atoms with van der Waals surface area (Å²) in [6.45, 7) is 3.64. The number of anilines is 1. The maximum absolute atomic E-state index is 10.5. The molecule has 2 aromatic carbocycles. The average Bonchev–Trinajstić information content (AvgIpc) is 2.66. The smallest absolute Gasteiger partial charge is 0.291 e. The van der Waals surface area contributed by atoms with Crippen molar-refractivity contribution in [3.63, 3.8) is 0 Å². The standard InChI is InChI=1S/C9H11N3O2.C7H8N2O2.CH2N2.HNO3/c1-6-2-3-8(12(13)14)4-7(6)5-9(10)11;1-5-2-3-6(9(10)11)4-7(5)8;2-1-3;2-1(3)4/h2-4H,5H2,1H3,(H3,10,11);2-4H,8H2,1H3;2H2;(H,2,3,4). The van der Waals surface area contributed by atoms with Crippen LogP contribution in [0.15, 0.2) is 36.4 Å². The molecule has 0 saturated heterocycles. The summed E-state index contributed by atoms with van der Waals surface area (Å²) in [6.07, 6.45) is 1.51. The molecule has 2 rings (SSSR count). The Labute approximate surface area is 181 Å². The van der Waals surface area contributed by atoms with E-state index in [1.165, 1.54) is 30.5 Å². The number of benzene rings is 2. The Morgan fingerprint density at radius 2 is 1.41 bits per heavy atom. The predicted molar refractivity (Wildman–Crippen MR) is 114 cm³/mol. The molecular formula is C17H22N8O7. The van der Waals surface area contributed by atoms with E-state index in [0.29, 0.717) is 5.69 Å². The van der Waals surface area contributed by atoms with Gasteiger partial charge in [0.2, 0.25) is 0 Å². The summed E-state index contributed by atoms with van der Waals surface area (Å²) in [5, 5.41) is 48.5. The third-order valence-corrected chi connectivity index (χ3v) is 3.40. The molecule has 0 spiro atoms. The second-order valence-corrected chi connectivity index (χ2v) is 5.73. The lowest BCUT2D eigenvalue weighted by molar-refractivity contribution is -0.742. The monoisotopic (exact) mass is 450 g/mol. The first-order chi connectivity index (χ1) is 14.8. The maximum atomic E-state index is 10.5. The number of nitriles is 1. The minimum atomic E-state index is -1.50. The van der Waals surface area contributed by atoms with Crippen molar-refractivity contribution in [2.24, 2.45) is 11.5 Å². The summed E-state index contributed by atoms with van der Waals surface area (Å²) >= 11 is 0. The Kier molecular flexibility index (Phi) is 13.6. The summed E-state index contributed by atoms with van der Waals surface area (Å²) in [6, 6.07) is 8.99. The van der Waals surface area contributed by atoms with Crippen molar-refractivity contribution >= 4 is 22.9 Å². The zero-order chi connectivity index (χ0) is 25.4. The molecule has 0 aromatic heterocycles. The van der Waals surface area contributed by atoms with Crippen LogP contribution in [-0.4, -0.2) is 26.0 Å². The van der Waals surface area contributed by atoms with Crippen molar-refractivity contribution in [3.8, 4) is 6.19 Å². The first kappa shape index (κ1) is 29.2. The highest BCUT2D eigenvalue weighted by atomic mass is 16.9. The van der Waals surface area contributed by atoms with Gasteiger partial charge in [0.1, 0.15) is 0 Å². The molecule has 2 aromatic rings. The van der Waals surface area contributed by atoms with E-state index in [4.69, 9.17) is 37.5 Å². The fourth-order valence-electron chi connectivity index (χ4n) is 1.91. The van der Waals surface area contributed by atoms with E-state index in [-0.39, 0.29) is 23.6 Å². The molecule has 0 aliphatic carbocycles. The van der Waals surface area contributed by atoms with Gasteiger partial charge in [-0.15, -0.1) is 10.1 Å². The molecule has 0 bridgehead atoms. The zero-order valence-corrected chi connectivity index (χ0v) is 17.1. The Hall–Kier alpha value is -5.00. The van der Waals surface area contributed by atoms with Gasteiger partial charge in [0, 0.05) is 36.4 Å². The van der Waals surface area contributed by atoms with Crippen LogP contribution in [0.25, 0.3) is 0 Å². The first-order valence-corrected chi connectivity index (χ1v) is 8.27. The van der Waals surface area contributed by atoms with Gasteiger partial charge >= 0.3 is 0 Å². The van der Waals surface area contributed by atoms with Gasteiger partial charge < -0.3 is 22.4 Å². The Balaban J connectivity index is 0. The first-order valence-electron chi connectivity index (χ1n) is 8.27. The second-order valence-electron chi connectivity index (χ2n) is 5.73. The number of rotatable bonds is 4. The van der Waals surface area contributed by atoms with Crippen molar-refractivity contribution in [2.75, 3.05) is 5.73 Å².